The third kappa shape index (κ3) is 15.5. The quantitative estimate of drug-likeness (QED) is 0.100. The number of carboxylic acid groups (broad SMARTS) is 1. The van der Waals surface area contributed by atoms with Crippen molar-refractivity contribution < 1.29 is 48.1 Å². The molecule has 206 valence electrons. The minimum atomic E-state index is -1.26. The van der Waals surface area contributed by atoms with Crippen molar-refractivity contribution in [3.05, 3.63) is 0 Å². The van der Waals surface area contributed by atoms with Gasteiger partial charge in [0, 0.05) is 12.2 Å². The van der Waals surface area contributed by atoms with E-state index in [2.05, 4.69) is 10.6 Å². The molecule has 3 atom stereocenters. The molecule has 0 aromatic carbocycles. The predicted octanol–water partition coefficient (Wildman–Crippen LogP) is -0.00260. The van der Waals surface area contributed by atoms with E-state index in [0.29, 0.717) is 0 Å². The average Bonchev–Trinajstić information content (AvgIpc) is 2.79. The number of carbonyl (C=O) groups is 6. The Bertz CT molecular complexity index is 766. The fourth-order valence-electron chi connectivity index (χ4n) is 2.40. The van der Waals surface area contributed by atoms with Gasteiger partial charge in [0.2, 0.25) is 11.8 Å². The van der Waals surface area contributed by atoms with Crippen LogP contribution in [0.3, 0.4) is 0 Å². The molecule has 1 unspecified atom stereocenters. The maximum absolute atomic E-state index is 12.6. The number of ether oxygens (including phenoxy) is 3. The molecular weight excluding hydrogens is 518 g/mol. The molecule has 2 amide bonds. The van der Waals surface area contributed by atoms with Crippen molar-refractivity contribution in [1.29, 1.82) is 0 Å². The second kappa shape index (κ2) is 18.7. The summed E-state index contributed by atoms with van der Waals surface area (Å²) in [5.41, 5.74) is 5.40. The third-order valence-electron chi connectivity index (χ3n) is 4.05. The Balaban J connectivity index is 5.21. The summed E-state index contributed by atoms with van der Waals surface area (Å²) in [5.74, 6) is -4.54. The van der Waals surface area contributed by atoms with Crippen LogP contribution in [0.1, 0.15) is 47.0 Å². The van der Waals surface area contributed by atoms with E-state index >= 15 is 0 Å². The van der Waals surface area contributed by atoms with Gasteiger partial charge in [-0.2, -0.15) is 0 Å². The van der Waals surface area contributed by atoms with Gasteiger partial charge in [-0.1, -0.05) is 21.6 Å². The van der Waals surface area contributed by atoms with Gasteiger partial charge < -0.3 is 35.7 Å². The summed E-state index contributed by atoms with van der Waals surface area (Å²) in [4.78, 5) is 71.6. The first-order chi connectivity index (χ1) is 16.9. The molecule has 36 heavy (non-hydrogen) atoms. The topological polar surface area (TPSA) is 200 Å². The number of carboxylic acids is 1. The Labute approximate surface area is 217 Å². The first-order valence-electron chi connectivity index (χ1n) is 11.3. The van der Waals surface area contributed by atoms with E-state index in [1.165, 1.54) is 0 Å². The second-order valence-electron chi connectivity index (χ2n) is 7.49. The molecule has 0 heterocycles. The largest absolute Gasteiger partial charge is 0.480 e. The maximum Gasteiger partial charge on any atom is 0.325 e. The van der Waals surface area contributed by atoms with Crippen molar-refractivity contribution in [2.75, 3.05) is 25.5 Å². The van der Waals surface area contributed by atoms with Crippen LogP contribution >= 0.6 is 21.6 Å². The van der Waals surface area contributed by atoms with Crippen LogP contribution in [0, 0.1) is 0 Å². The van der Waals surface area contributed by atoms with Crippen LogP contribution in [0.2, 0.25) is 0 Å². The van der Waals surface area contributed by atoms with Crippen molar-refractivity contribution in [3.8, 4) is 0 Å². The fraction of sp³-hybridized carbons (Fsp3) is 0.714. The monoisotopic (exact) mass is 553 g/mol. The molecule has 13 nitrogen and oxygen atoms in total. The minimum Gasteiger partial charge on any atom is -0.480 e. The van der Waals surface area contributed by atoms with E-state index in [4.69, 9.17) is 25.1 Å². The highest BCUT2D eigenvalue weighted by Crippen LogP contribution is 2.30. The number of hydrogen-bond donors (Lipinski definition) is 4. The lowest BCUT2D eigenvalue weighted by atomic mass is 10.1. The molecule has 0 aliphatic rings. The molecule has 0 radical (unpaired) electrons. The number of hydrogen-bond acceptors (Lipinski definition) is 12. The van der Waals surface area contributed by atoms with Crippen LogP contribution in [-0.2, 0) is 43.0 Å². The number of carbonyl (C=O) groups excluding carboxylic acids is 5. The molecule has 0 saturated heterocycles. The van der Waals surface area contributed by atoms with Gasteiger partial charge in [-0.05, 0) is 34.1 Å². The van der Waals surface area contributed by atoms with Crippen LogP contribution in [-0.4, -0.2) is 89.7 Å². The summed E-state index contributed by atoms with van der Waals surface area (Å²) in [6.07, 6.45) is -1.03. The second-order valence-corrected chi connectivity index (χ2v) is 10.1. The van der Waals surface area contributed by atoms with Crippen LogP contribution < -0.4 is 16.4 Å². The fourth-order valence-corrected chi connectivity index (χ4v) is 4.94. The Morgan fingerprint density at radius 1 is 1.00 bits per heavy atom. The summed E-state index contributed by atoms with van der Waals surface area (Å²) >= 11 is 0. The Hall–Kier alpha value is -2.52. The van der Waals surface area contributed by atoms with E-state index in [9.17, 15) is 28.8 Å². The van der Waals surface area contributed by atoms with E-state index in [1.807, 2.05) is 0 Å². The van der Waals surface area contributed by atoms with Crippen molar-refractivity contribution in [1.82, 2.24) is 10.6 Å². The molecule has 15 heteroatoms. The number of nitrogens with one attached hydrogen (secondary N) is 2. The van der Waals surface area contributed by atoms with Crippen LogP contribution in [0.25, 0.3) is 0 Å². The summed E-state index contributed by atoms with van der Waals surface area (Å²) in [5, 5.41) is 12.8. The summed E-state index contributed by atoms with van der Waals surface area (Å²) < 4.78 is 14.8. The highest BCUT2D eigenvalue weighted by Gasteiger charge is 2.28. The lowest BCUT2D eigenvalue weighted by Crippen LogP contribution is -2.49. The number of rotatable bonds is 18. The highest BCUT2D eigenvalue weighted by molar-refractivity contribution is 8.77. The summed E-state index contributed by atoms with van der Waals surface area (Å²) in [6.45, 7) is 6.36. The zero-order valence-corrected chi connectivity index (χ0v) is 22.4. The van der Waals surface area contributed by atoms with E-state index in [0.717, 1.165) is 21.6 Å². The van der Waals surface area contributed by atoms with Gasteiger partial charge in [-0.25, -0.2) is 0 Å². The van der Waals surface area contributed by atoms with E-state index in [-0.39, 0.29) is 44.3 Å². The zero-order chi connectivity index (χ0) is 27.7. The first-order valence-corrected chi connectivity index (χ1v) is 13.6. The van der Waals surface area contributed by atoms with Gasteiger partial charge in [0.25, 0.3) is 0 Å². The summed E-state index contributed by atoms with van der Waals surface area (Å²) in [6, 6.07) is -2.39. The molecule has 0 aromatic heterocycles. The van der Waals surface area contributed by atoms with Crippen molar-refractivity contribution in [3.63, 3.8) is 0 Å². The van der Waals surface area contributed by atoms with E-state index in [1.54, 1.807) is 27.7 Å². The van der Waals surface area contributed by atoms with Crippen molar-refractivity contribution in [2.24, 2.45) is 5.73 Å². The molecule has 0 saturated carbocycles. The minimum absolute atomic E-state index is 0.0504. The molecule has 0 aliphatic heterocycles. The Morgan fingerprint density at radius 2 is 1.64 bits per heavy atom. The predicted molar refractivity (Wildman–Crippen MR) is 133 cm³/mol. The maximum atomic E-state index is 12.6. The number of esters is 3. The molecule has 5 N–H and O–H groups in total. The van der Waals surface area contributed by atoms with Gasteiger partial charge in [0.1, 0.15) is 23.9 Å². The lowest BCUT2D eigenvalue weighted by molar-refractivity contribution is -0.149. The SMILES string of the molecule is CCOC(=O)CC(SSC[C@H](NC(=O)CC[C@H](N)C(=O)O)C(=O)NCC(=O)OC(C)C)C(=O)OCC. The normalized spacial score (nSPS) is 13.2. The Morgan fingerprint density at radius 3 is 2.19 bits per heavy atom. The van der Waals surface area contributed by atoms with Crippen molar-refractivity contribution >= 4 is 57.3 Å². The first kappa shape index (κ1) is 33.5. The van der Waals surface area contributed by atoms with Gasteiger partial charge in [-0.3, -0.25) is 28.8 Å². The highest BCUT2D eigenvalue weighted by atomic mass is 33.1. The van der Waals surface area contributed by atoms with Crippen LogP contribution in [0.15, 0.2) is 0 Å². The molecule has 0 rings (SSSR count). The number of nitrogens with two attached hydrogens (primary N) is 1. The van der Waals surface area contributed by atoms with Crippen molar-refractivity contribution in [2.45, 2.75) is 70.4 Å². The molecule has 0 spiro atoms. The third-order valence-corrected chi connectivity index (χ3v) is 6.76. The molecule has 0 bridgehead atoms. The van der Waals surface area contributed by atoms with Gasteiger partial charge >= 0.3 is 23.9 Å². The van der Waals surface area contributed by atoms with E-state index < -0.39 is 59.6 Å². The Kier molecular flexibility index (Phi) is 17.4. The van der Waals surface area contributed by atoms with Gasteiger partial charge in [-0.15, -0.1) is 0 Å². The van der Waals surface area contributed by atoms with Gasteiger partial charge in [0.15, 0.2) is 0 Å². The van der Waals surface area contributed by atoms with Crippen LogP contribution in [0.4, 0.5) is 0 Å². The lowest BCUT2D eigenvalue weighted by Gasteiger charge is -2.20. The zero-order valence-electron chi connectivity index (χ0n) is 20.8. The van der Waals surface area contributed by atoms with Gasteiger partial charge in [0.05, 0.1) is 25.7 Å². The molecule has 0 fully saturated rings. The molecule has 0 aliphatic carbocycles. The standard InChI is InChI=1S/C21H35N3O10S2/c1-5-32-17(26)9-15(21(31)33-6-2)36-35-11-14(19(28)23-10-18(27)34-12(3)4)24-16(25)8-7-13(22)20(29)30/h12-15H,5-11,22H2,1-4H3,(H,23,28)(H,24,25)(H,29,30)/t13-,14-,15?/m0/s1. The average molecular weight is 554 g/mol. The number of aliphatic carboxylic acids is 1. The van der Waals surface area contributed by atoms with Crippen LogP contribution in [0.5, 0.6) is 0 Å². The molecule has 0 aromatic rings. The smallest absolute Gasteiger partial charge is 0.325 e. The summed E-state index contributed by atoms with van der Waals surface area (Å²) in [7, 11) is 2.00. The molecular formula is C21H35N3O10S2. The number of amides is 2.